The Bertz CT molecular complexity index is 518. The molecule has 1 heterocycles. The second kappa shape index (κ2) is 3.93. The fourth-order valence-corrected chi connectivity index (χ4v) is 1.66. The predicted octanol–water partition coefficient (Wildman–Crippen LogP) is 3.09. The topological polar surface area (TPSA) is 38.9 Å². The average molecular weight is 216 g/mol. The first-order valence-electron chi connectivity index (χ1n) is 5.07. The zero-order valence-corrected chi connectivity index (χ0v) is 9.29. The van der Waals surface area contributed by atoms with Crippen LogP contribution < -0.4 is 5.73 Å². The normalized spacial score (nSPS) is 10.4. The minimum absolute atomic E-state index is 0.168. The summed E-state index contributed by atoms with van der Waals surface area (Å²) >= 11 is 0. The van der Waals surface area contributed by atoms with E-state index in [1.54, 1.807) is 12.3 Å². The number of pyridine rings is 1. The number of benzene rings is 1. The van der Waals surface area contributed by atoms with Crippen molar-refractivity contribution in [2.75, 3.05) is 5.73 Å². The number of hydrogen-bond donors (Lipinski definition) is 1. The molecular formula is C13H13FN2. The molecule has 3 heteroatoms. The van der Waals surface area contributed by atoms with Crippen LogP contribution in [0.15, 0.2) is 30.5 Å². The van der Waals surface area contributed by atoms with Crippen LogP contribution in [0.2, 0.25) is 0 Å². The number of nitrogens with two attached hydrogens (primary N) is 1. The second-order valence-electron chi connectivity index (χ2n) is 3.85. The van der Waals surface area contributed by atoms with Gasteiger partial charge < -0.3 is 5.73 Å². The summed E-state index contributed by atoms with van der Waals surface area (Å²) in [6, 6.07) is 7.11. The summed E-state index contributed by atoms with van der Waals surface area (Å²) < 4.78 is 13.9. The molecule has 0 amide bonds. The highest BCUT2D eigenvalue weighted by Gasteiger charge is 2.11. The van der Waals surface area contributed by atoms with E-state index in [0.29, 0.717) is 5.56 Å². The summed E-state index contributed by atoms with van der Waals surface area (Å²) in [5.74, 6) is -0.370. The maximum atomic E-state index is 13.9. The molecule has 2 N–H and O–H groups in total. The van der Waals surface area contributed by atoms with Crippen molar-refractivity contribution in [3.05, 3.63) is 47.5 Å². The van der Waals surface area contributed by atoms with Crippen LogP contribution in [0, 0.1) is 19.7 Å². The molecule has 0 aliphatic rings. The van der Waals surface area contributed by atoms with Crippen molar-refractivity contribution < 1.29 is 4.39 Å². The lowest BCUT2D eigenvalue weighted by atomic mass is 10.0. The Morgan fingerprint density at radius 1 is 1.12 bits per heavy atom. The van der Waals surface area contributed by atoms with E-state index in [4.69, 9.17) is 5.73 Å². The van der Waals surface area contributed by atoms with Gasteiger partial charge in [-0.05, 0) is 31.5 Å². The van der Waals surface area contributed by atoms with Gasteiger partial charge in [-0.2, -0.15) is 0 Å². The molecule has 1 aromatic carbocycles. The maximum absolute atomic E-state index is 13.9. The summed E-state index contributed by atoms with van der Waals surface area (Å²) in [4.78, 5) is 4.16. The molecule has 0 unspecified atom stereocenters. The van der Waals surface area contributed by atoms with Gasteiger partial charge in [-0.3, -0.25) is 4.98 Å². The third kappa shape index (κ3) is 1.76. The van der Waals surface area contributed by atoms with Crippen LogP contribution in [-0.2, 0) is 0 Å². The molecule has 0 fully saturated rings. The summed E-state index contributed by atoms with van der Waals surface area (Å²) in [6.07, 6.45) is 1.67. The summed E-state index contributed by atoms with van der Waals surface area (Å²) in [5.41, 5.74) is 8.79. The van der Waals surface area contributed by atoms with Gasteiger partial charge in [0, 0.05) is 23.0 Å². The standard InChI is InChI=1S/C13H13FN2/c1-8-3-6-11(15)13(14)12(8)10-5-4-9(2)16-7-10/h3-7H,15H2,1-2H3. The maximum Gasteiger partial charge on any atom is 0.154 e. The Balaban J connectivity index is 2.63. The van der Waals surface area contributed by atoms with Gasteiger partial charge in [0.2, 0.25) is 0 Å². The van der Waals surface area contributed by atoms with Crippen molar-refractivity contribution in [1.29, 1.82) is 0 Å². The number of hydrogen-bond acceptors (Lipinski definition) is 2. The first kappa shape index (κ1) is 10.6. The van der Waals surface area contributed by atoms with Crippen LogP contribution in [0.5, 0.6) is 0 Å². The first-order chi connectivity index (χ1) is 7.59. The molecule has 0 bridgehead atoms. The van der Waals surface area contributed by atoms with Crippen LogP contribution in [-0.4, -0.2) is 4.98 Å². The second-order valence-corrected chi connectivity index (χ2v) is 3.85. The molecule has 0 saturated heterocycles. The summed E-state index contributed by atoms with van der Waals surface area (Å²) in [7, 11) is 0. The Hall–Kier alpha value is -1.90. The van der Waals surface area contributed by atoms with Crippen LogP contribution in [0.3, 0.4) is 0 Å². The summed E-state index contributed by atoms with van der Waals surface area (Å²) in [5, 5.41) is 0. The van der Waals surface area contributed by atoms with E-state index >= 15 is 0 Å². The van der Waals surface area contributed by atoms with E-state index in [1.807, 2.05) is 32.0 Å². The smallest absolute Gasteiger partial charge is 0.154 e. The molecular weight excluding hydrogens is 203 g/mol. The molecule has 2 nitrogen and oxygen atoms in total. The molecule has 0 spiro atoms. The lowest BCUT2D eigenvalue weighted by Gasteiger charge is -2.09. The Labute approximate surface area is 93.9 Å². The Morgan fingerprint density at radius 3 is 2.50 bits per heavy atom. The monoisotopic (exact) mass is 216 g/mol. The fourth-order valence-electron chi connectivity index (χ4n) is 1.66. The third-order valence-electron chi connectivity index (χ3n) is 2.58. The number of halogens is 1. The predicted molar refractivity (Wildman–Crippen MR) is 63.5 cm³/mol. The van der Waals surface area contributed by atoms with Crippen LogP contribution in [0.1, 0.15) is 11.3 Å². The molecule has 0 radical (unpaired) electrons. The van der Waals surface area contributed by atoms with E-state index in [2.05, 4.69) is 4.98 Å². The highest BCUT2D eigenvalue weighted by Crippen LogP contribution is 2.29. The minimum atomic E-state index is -0.370. The minimum Gasteiger partial charge on any atom is -0.396 e. The molecule has 0 aliphatic carbocycles. The first-order valence-corrected chi connectivity index (χ1v) is 5.07. The average Bonchev–Trinajstić information content (AvgIpc) is 2.27. The molecule has 82 valence electrons. The number of nitrogens with zero attached hydrogens (tertiary/aromatic N) is 1. The Morgan fingerprint density at radius 2 is 1.88 bits per heavy atom. The lowest BCUT2D eigenvalue weighted by Crippen LogP contribution is -1.96. The van der Waals surface area contributed by atoms with Gasteiger partial charge >= 0.3 is 0 Å². The van der Waals surface area contributed by atoms with Crippen molar-refractivity contribution in [1.82, 2.24) is 4.98 Å². The van der Waals surface area contributed by atoms with E-state index in [0.717, 1.165) is 16.8 Å². The zero-order chi connectivity index (χ0) is 11.7. The van der Waals surface area contributed by atoms with E-state index < -0.39 is 0 Å². The number of nitrogen functional groups attached to an aromatic ring is 1. The van der Waals surface area contributed by atoms with Crippen LogP contribution >= 0.6 is 0 Å². The molecule has 1 aromatic heterocycles. The van der Waals surface area contributed by atoms with Gasteiger partial charge in [-0.15, -0.1) is 0 Å². The summed E-state index contributed by atoms with van der Waals surface area (Å²) in [6.45, 7) is 3.75. The van der Waals surface area contributed by atoms with Gasteiger partial charge in [0.15, 0.2) is 5.82 Å². The molecule has 0 saturated carbocycles. The number of aryl methyl sites for hydroxylation is 2. The number of aromatic nitrogens is 1. The number of anilines is 1. The zero-order valence-electron chi connectivity index (χ0n) is 9.29. The van der Waals surface area contributed by atoms with Crippen LogP contribution in [0.4, 0.5) is 10.1 Å². The molecule has 0 atom stereocenters. The highest BCUT2D eigenvalue weighted by atomic mass is 19.1. The fraction of sp³-hybridized carbons (Fsp3) is 0.154. The van der Waals surface area contributed by atoms with Gasteiger partial charge in [0.25, 0.3) is 0 Å². The van der Waals surface area contributed by atoms with Gasteiger partial charge in [0.05, 0.1) is 5.69 Å². The molecule has 2 rings (SSSR count). The van der Waals surface area contributed by atoms with Crippen molar-refractivity contribution in [2.45, 2.75) is 13.8 Å². The van der Waals surface area contributed by atoms with Crippen molar-refractivity contribution in [3.8, 4) is 11.1 Å². The van der Waals surface area contributed by atoms with Gasteiger partial charge in [-0.1, -0.05) is 12.1 Å². The molecule has 2 aromatic rings. The molecule has 0 aliphatic heterocycles. The van der Waals surface area contributed by atoms with Crippen molar-refractivity contribution >= 4 is 5.69 Å². The van der Waals surface area contributed by atoms with E-state index in [9.17, 15) is 4.39 Å². The third-order valence-corrected chi connectivity index (χ3v) is 2.58. The van der Waals surface area contributed by atoms with Crippen molar-refractivity contribution in [2.24, 2.45) is 0 Å². The molecule has 16 heavy (non-hydrogen) atoms. The van der Waals surface area contributed by atoms with Crippen LogP contribution in [0.25, 0.3) is 11.1 Å². The Kier molecular flexibility index (Phi) is 2.60. The SMILES string of the molecule is Cc1ccc(-c2c(C)ccc(N)c2F)cn1. The quantitative estimate of drug-likeness (QED) is 0.744. The number of rotatable bonds is 1. The van der Waals surface area contributed by atoms with Crippen molar-refractivity contribution in [3.63, 3.8) is 0 Å². The van der Waals surface area contributed by atoms with E-state index in [1.165, 1.54) is 0 Å². The van der Waals surface area contributed by atoms with Gasteiger partial charge in [-0.25, -0.2) is 4.39 Å². The lowest BCUT2D eigenvalue weighted by molar-refractivity contribution is 0.635. The largest absolute Gasteiger partial charge is 0.396 e. The van der Waals surface area contributed by atoms with E-state index in [-0.39, 0.29) is 11.5 Å². The van der Waals surface area contributed by atoms with Gasteiger partial charge in [0.1, 0.15) is 0 Å². The highest BCUT2D eigenvalue weighted by molar-refractivity contribution is 5.71.